The molecular weight excluding hydrogens is 328 g/mol. The lowest BCUT2D eigenvalue weighted by Crippen LogP contribution is -2.36. The summed E-state index contributed by atoms with van der Waals surface area (Å²) in [5, 5.41) is 3.88. The van der Waals surface area contributed by atoms with E-state index in [0.717, 1.165) is 32.5 Å². The number of carbonyl (C=O) groups is 1. The zero-order valence-electron chi connectivity index (χ0n) is 15.7. The van der Waals surface area contributed by atoms with Crippen LogP contribution in [-0.4, -0.2) is 52.5 Å². The van der Waals surface area contributed by atoms with E-state index in [2.05, 4.69) is 45.4 Å². The number of likely N-dealkylation sites (N-methyl/N-ethyl adjacent to an activating group) is 1. The number of nitrogens with zero attached hydrogens (tertiary/aromatic N) is 4. The van der Waals surface area contributed by atoms with Gasteiger partial charge in [-0.3, -0.25) is 9.69 Å². The lowest BCUT2D eigenvalue weighted by atomic mass is 9.92. The number of carbonyl (C=O) groups excluding carboxylic acids is 1. The summed E-state index contributed by atoms with van der Waals surface area (Å²) in [7, 11) is 1.86. The molecule has 1 fully saturated rings. The second kappa shape index (κ2) is 8.94. The van der Waals surface area contributed by atoms with Gasteiger partial charge in [0.1, 0.15) is 0 Å². The Labute approximate surface area is 155 Å². The minimum Gasteiger partial charge on any atom is -0.345 e. The highest BCUT2D eigenvalue weighted by atomic mass is 16.5. The van der Waals surface area contributed by atoms with Crippen molar-refractivity contribution in [1.29, 1.82) is 0 Å². The summed E-state index contributed by atoms with van der Waals surface area (Å²) in [5.74, 6) is 1.93. The van der Waals surface area contributed by atoms with Crippen molar-refractivity contribution in [1.82, 2.24) is 19.9 Å². The summed E-state index contributed by atoms with van der Waals surface area (Å²) >= 11 is 0. The third-order valence-corrected chi connectivity index (χ3v) is 5.09. The van der Waals surface area contributed by atoms with Crippen LogP contribution in [0.1, 0.15) is 36.5 Å². The first-order chi connectivity index (χ1) is 12.6. The van der Waals surface area contributed by atoms with Crippen LogP contribution in [0, 0.1) is 12.8 Å². The first kappa shape index (κ1) is 18.6. The van der Waals surface area contributed by atoms with E-state index in [1.165, 1.54) is 5.56 Å². The molecule has 6 nitrogen and oxygen atoms in total. The van der Waals surface area contributed by atoms with Crippen molar-refractivity contribution in [2.45, 2.75) is 39.2 Å². The monoisotopic (exact) mass is 356 g/mol. The molecule has 0 aliphatic carbocycles. The summed E-state index contributed by atoms with van der Waals surface area (Å²) in [6.07, 6.45) is 3.46. The Morgan fingerprint density at radius 1 is 1.27 bits per heavy atom. The van der Waals surface area contributed by atoms with Crippen LogP contribution in [0.3, 0.4) is 0 Å². The molecule has 1 amide bonds. The normalized spacial score (nSPS) is 15.9. The van der Waals surface area contributed by atoms with Gasteiger partial charge in [0, 0.05) is 39.9 Å². The number of hydrogen-bond acceptors (Lipinski definition) is 5. The van der Waals surface area contributed by atoms with Crippen molar-refractivity contribution in [2.24, 2.45) is 5.92 Å². The number of hydrogen-bond donors (Lipinski definition) is 0. The van der Waals surface area contributed by atoms with Crippen LogP contribution >= 0.6 is 0 Å². The second-order valence-electron chi connectivity index (χ2n) is 7.20. The highest BCUT2D eigenvalue weighted by molar-refractivity contribution is 5.76. The Bertz CT molecular complexity index is 693. The van der Waals surface area contributed by atoms with E-state index in [1.807, 2.05) is 7.05 Å². The zero-order valence-corrected chi connectivity index (χ0v) is 15.7. The Morgan fingerprint density at radius 3 is 2.65 bits per heavy atom. The first-order valence-electron chi connectivity index (χ1n) is 9.39. The Balaban J connectivity index is 1.37. The molecule has 2 heterocycles. The summed E-state index contributed by atoms with van der Waals surface area (Å²) < 4.78 is 4.96. The van der Waals surface area contributed by atoms with Gasteiger partial charge >= 0.3 is 0 Å². The van der Waals surface area contributed by atoms with Gasteiger partial charge in [-0.2, -0.15) is 4.98 Å². The largest absolute Gasteiger partial charge is 0.345 e. The molecule has 2 aromatic rings. The maximum absolute atomic E-state index is 12.5. The van der Waals surface area contributed by atoms with Crippen LogP contribution in [0.5, 0.6) is 0 Å². The molecule has 0 atom stereocenters. The van der Waals surface area contributed by atoms with E-state index in [9.17, 15) is 4.79 Å². The molecule has 1 aliphatic rings. The maximum Gasteiger partial charge on any atom is 0.223 e. The molecule has 6 heteroatoms. The topological polar surface area (TPSA) is 62.5 Å². The average Bonchev–Trinajstić information content (AvgIpc) is 3.07. The van der Waals surface area contributed by atoms with E-state index < -0.39 is 0 Å². The van der Waals surface area contributed by atoms with Crippen LogP contribution in [0.2, 0.25) is 0 Å². The molecule has 0 radical (unpaired) electrons. The molecular formula is C20H28N4O2. The SMILES string of the molecule is Cc1nc(CCN(C)C(=O)CC2CCN(Cc3ccccc3)CC2)no1. The molecule has 0 saturated carbocycles. The minimum absolute atomic E-state index is 0.215. The fourth-order valence-electron chi connectivity index (χ4n) is 3.43. The van der Waals surface area contributed by atoms with Crippen molar-refractivity contribution in [2.75, 3.05) is 26.7 Å². The second-order valence-corrected chi connectivity index (χ2v) is 7.20. The van der Waals surface area contributed by atoms with Gasteiger partial charge in [0.25, 0.3) is 0 Å². The van der Waals surface area contributed by atoms with Crippen LogP contribution in [0.15, 0.2) is 34.9 Å². The standard InChI is InChI=1S/C20H28N4O2/c1-16-21-19(22-26-16)10-11-23(2)20(25)14-17-8-12-24(13-9-17)15-18-6-4-3-5-7-18/h3-7,17H,8-15H2,1-2H3. The molecule has 1 aromatic carbocycles. The molecule has 0 spiro atoms. The van der Waals surface area contributed by atoms with Crippen LogP contribution in [0.4, 0.5) is 0 Å². The zero-order chi connectivity index (χ0) is 18.4. The van der Waals surface area contributed by atoms with Crippen LogP contribution in [-0.2, 0) is 17.8 Å². The number of aryl methyl sites for hydroxylation is 1. The predicted molar refractivity (Wildman–Crippen MR) is 99.4 cm³/mol. The molecule has 0 unspecified atom stereocenters. The highest BCUT2D eigenvalue weighted by Crippen LogP contribution is 2.22. The molecule has 0 bridgehead atoms. The lowest BCUT2D eigenvalue weighted by Gasteiger charge is -2.32. The quantitative estimate of drug-likeness (QED) is 0.763. The van der Waals surface area contributed by atoms with E-state index in [-0.39, 0.29) is 5.91 Å². The van der Waals surface area contributed by atoms with Gasteiger partial charge in [0.15, 0.2) is 5.82 Å². The number of benzene rings is 1. The van der Waals surface area contributed by atoms with E-state index in [4.69, 9.17) is 4.52 Å². The van der Waals surface area contributed by atoms with Gasteiger partial charge in [-0.25, -0.2) is 0 Å². The molecule has 0 N–H and O–H groups in total. The first-order valence-corrected chi connectivity index (χ1v) is 9.39. The van der Waals surface area contributed by atoms with Gasteiger partial charge in [0.05, 0.1) is 0 Å². The number of aromatic nitrogens is 2. The fourth-order valence-corrected chi connectivity index (χ4v) is 3.43. The van der Waals surface area contributed by atoms with Gasteiger partial charge in [-0.15, -0.1) is 0 Å². The van der Waals surface area contributed by atoms with Crippen molar-refractivity contribution in [3.05, 3.63) is 47.6 Å². The maximum atomic E-state index is 12.5. The Kier molecular flexibility index (Phi) is 6.39. The molecule has 140 valence electrons. The Morgan fingerprint density at radius 2 is 2.00 bits per heavy atom. The van der Waals surface area contributed by atoms with Crippen molar-refractivity contribution < 1.29 is 9.32 Å². The number of piperidine rings is 1. The van der Waals surface area contributed by atoms with Gasteiger partial charge in [-0.1, -0.05) is 35.5 Å². The summed E-state index contributed by atoms with van der Waals surface area (Å²) in [5.41, 5.74) is 1.36. The third kappa shape index (κ3) is 5.39. The number of likely N-dealkylation sites (tertiary alicyclic amines) is 1. The molecule has 1 aliphatic heterocycles. The molecule has 26 heavy (non-hydrogen) atoms. The summed E-state index contributed by atoms with van der Waals surface area (Å²) in [4.78, 5) is 20.9. The van der Waals surface area contributed by atoms with Crippen molar-refractivity contribution in [3.63, 3.8) is 0 Å². The van der Waals surface area contributed by atoms with Gasteiger partial charge in [-0.05, 0) is 37.4 Å². The number of rotatable bonds is 7. The average molecular weight is 356 g/mol. The van der Waals surface area contributed by atoms with Crippen molar-refractivity contribution in [3.8, 4) is 0 Å². The predicted octanol–water partition coefficient (Wildman–Crippen LogP) is 2.68. The molecule has 1 saturated heterocycles. The Hall–Kier alpha value is -2.21. The molecule has 1 aromatic heterocycles. The highest BCUT2D eigenvalue weighted by Gasteiger charge is 2.23. The number of amides is 1. The van der Waals surface area contributed by atoms with Crippen LogP contribution < -0.4 is 0 Å². The summed E-state index contributed by atoms with van der Waals surface area (Å²) in [6.45, 7) is 5.54. The van der Waals surface area contributed by atoms with E-state index in [1.54, 1.807) is 11.8 Å². The van der Waals surface area contributed by atoms with Gasteiger partial charge < -0.3 is 9.42 Å². The lowest BCUT2D eigenvalue weighted by molar-refractivity contribution is -0.131. The van der Waals surface area contributed by atoms with Crippen molar-refractivity contribution >= 4 is 5.91 Å². The van der Waals surface area contributed by atoms with E-state index >= 15 is 0 Å². The van der Waals surface area contributed by atoms with E-state index in [0.29, 0.717) is 37.0 Å². The van der Waals surface area contributed by atoms with Gasteiger partial charge in [0.2, 0.25) is 11.8 Å². The minimum atomic E-state index is 0.215. The summed E-state index contributed by atoms with van der Waals surface area (Å²) in [6, 6.07) is 10.6. The molecule has 3 rings (SSSR count). The fraction of sp³-hybridized carbons (Fsp3) is 0.550. The third-order valence-electron chi connectivity index (χ3n) is 5.09. The smallest absolute Gasteiger partial charge is 0.223 e. The van der Waals surface area contributed by atoms with Crippen LogP contribution in [0.25, 0.3) is 0 Å².